The molecule has 374 valence electrons. The summed E-state index contributed by atoms with van der Waals surface area (Å²) in [6.45, 7) is 9.96. The van der Waals surface area contributed by atoms with Crippen molar-refractivity contribution in [3.8, 4) is 0 Å². The van der Waals surface area contributed by atoms with E-state index in [9.17, 15) is 44.1 Å². The zero-order valence-corrected chi connectivity index (χ0v) is 44.2. The fourth-order valence-corrected chi connectivity index (χ4v) is 7.03. The van der Waals surface area contributed by atoms with Gasteiger partial charge in [0.05, 0.1) is 37.7 Å². The minimum absolute atomic E-state index is 0.354. The van der Waals surface area contributed by atoms with Gasteiger partial charge in [-0.05, 0) is 37.5 Å². The quantitative estimate of drug-likeness (QED) is 0.0185. The molecule has 0 heterocycles. The van der Waals surface area contributed by atoms with Crippen LogP contribution in [0.2, 0.25) is 4.44 Å². The zero-order valence-electron chi connectivity index (χ0n) is 41.3. The van der Waals surface area contributed by atoms with Crippen LogP contribution in [-0.4, -0.2) is 78.2 Å². The van der Waals surface area contributed by atoms with Gasteiger partial charge in [-0.2, -0.15) is 0 Å². The van der Waals surface area contributed by atoms with Crippen LogP contribution in [0.4, 0.5) is 0 Å². The van der Waals surface area contributed by atoms with E-state index in [-0.39, 0.29) is 0 Å². The predicted octanol–water partition coefficient (Wildman–Crippen LogP) is 9.64. The molecule has 0 aliphatic heterocycles. The molecule has 13 heteroatoms. The van der Waals surface area contributed by atoms with Crippen molar-refractivity contribution < 1.29 is 58.3 Å². The molecule has 0 unspecified atom stereocenters. The number of aliphatic carboxylic acids is 3. The third-order valence-corrected chi connectivity index (χ3v) is 10.8. The molecule has 0 rings (SSSR count). The first-order valence-electron chi connectivity index (χ1n) is 25.2. The topological polar surface area (TPSA) is 199 Å². The first-order chi connectivity index (χ1) is 31.4. The monoisotopic (exact) mass is 1030 g/mol. The number of hydrogen-bond donors (Lipinski definition) is 0. The summed E-state index contributed by atoms with van der Waals surface area (Å²) in [4.78, 5) is 63.2. The van der Waals surface area contributed by atoms with E-state index in [2.05, 4.69) is 27.7 Å². The molecule has 0 spiro atoms. The van der Waals surface area contributed by atoms with Gasteiger partial charge in [0.25, 0.3) is 0 Å². The van der Waals surface area contributed by atoms with Crippen LogP contribution in [-0.2, 0) is 43.0 Å². The maximum absolute atomic E-state index is 11.0. The molecule has 0 radical (unpaired) electrons. The molecule has 0 N–H and O–H groups in total. The van der Waals surface area contributed by atoms with Crippen LogP contribution in [0, 0.1) is 0 Å². The Balaban J connectivity index is -0.000000407. The molecule has 0 saturated carbocycles. The number of ether oxygens (including phenoxy) is 3. The zero-order chi connectivity index (χ0) is 49.3. The number of rotatable bonds is 41. The second-order valence-electron chi connectivity index (χ2n) is 16.1. The molecule has 65 heavy (non-hydrogen) atoms. The van der Waals surface area contributed by atoms with Crippen molar-refractivity contribution in [1.82, 2.24) is 0 Å². The molecule has 0 saturated heterocycles. The van der Waals surface area contributed by atoms with Gasteiger partial charge in [0.1, 0.15) is 0 Å². The van der Waals surface area contributed by atoms with Crippen LogP contribution in [0.5, 0.6) is 0 Å². The third kappa shape index (κ3) is 75.4. The molecular formula is C52H90O12Sn. The number of carbonyl (C=O) groups excluding carboxylic acids is 6. The molecule has 0 amide bonds. The first-order valence-corrected chi connectivity index (χ1v) is 27.2. The van der Waals surface area contributed by atoms with Gasteiger partial charge in [-0.15, -0.1) is 0 Å². The molecule has 0 aliphatic carbocycles. The normalized spacial score (nSPS) is 10.7. The Morgan fingerprint density at radius 3 is 0.646 bits per heavy atom. The van der Waals surface area contributed by atoms with Crippen LogP contribution in [0.3, 0.4) is 0 Å². The van der Waals surface area contributed by atoms with Crippen LogP contribution in [0.25, 0.3) is 0 Å². The molecule has 12 nitrogen and oxygen atoms in total. The molecular weight excluding hydrogens is 935 g/mol. The number of carbonyl (C=O) groups is 6. The van der Waals surface area contributed by atoms with E-state index in [0.717, 1.165) is 56.8 Å². The standard InChI is InChI=1S/3C16H28O4.C4H9.Sn/c3*1-2-3-4-5-6-7-8-9-10-11-14-20-16(19)13-12-15(17)18;1-3-4-2;/h3*12-13H,2-11,14H2,1H3,(H,17,18);1,3-4H2,2H3;/q;;;;+3/p-3/b3*13-12-;;. The molecule has 0 aliphatic rings. The number of carboxylic acid groups (broad SMARTS) is 3. The van der Waals surface area contributed by atoms with Gasteiger partial charge >= 0.3 is 64.6 Å². The summed E-state index contributed by atoms with van der Waals surface area (Å²) in [6.07, 6.45) is 44.2. The van der Waals surface area contributed by atoms with Crippen molar-refractivity contribution in [2.24, 2.45) is 0 Å². The molecule has 0 aromatic carbocycles. The minimum atomic E-state index is -1.39. The van der Waals surface area contributed by atoms with E-state index in [0.29, 0.717) is 38.0 Å². The first kappa shape index (κ1) is 68.4. The Hall–Kier alpha value is -3.16. The van der Waals surface area contributed by atoms with E-state index in [1.54, 1.807) is 22.5 Å². The summed E-state index contributed by atoms with van der Waals surface area (Å²) in [7, 11) is 0. The summed E-state index contributed by atoms with van der Waals surface area (Å²) in [5, 5.41) is 30.2. The van der Waals surface area contributed by atoms with Gasteiger partial charge in [0, 0.05) is 18.2 Å². The van der Waals surface area contributed by atoms with Crippen molar-refractivity contribution in [2.45, 2.75) is 238 Å². The number of carboxylic acids is 3. The average molecular weight is 1030 g/mol. The second kappa shape index (κ2) is 60.8. The Kier molecular flexibility index (Phi) is 64.0. The van der Waals surface area contributed by atoms with Crippen LogP contribution >= 0.6 is 0 Å². The predicted molar refractivity (Wildman–Crippen MR) is 256 cm³/mol. The molecule has 0 aromatic rings. The Morgan fingerprint density at radius 1 is 0.308 bits per heavy atom. The van der Waals surface area contributed by atoms with E-state index in [1.807, 2.05) is 0 Å². The summed E-state index contributed by atoms with van der Waals surface area (Å²) >= 11 is 1.68. The van der Waals surface area contributed by atoms with Crippen molar-refractivity contribution in [3.63, 3.8) is 0 Å². The molecule has 0 aromatic heterocycles. The summed E-state index contributed by atoms with van der Waals surface area (Å²) < 4.78 is 16.0. The third-order valence-electron chi connectivity index (χ3n) is 9.82. The van der Waals surface area contributed by atoms with Crippen molar-refractivity contribution in [2.75, 3.05) is 19.8 Å². The van der Waals surface area contributed by atoms with Gasteiger partial charge < -0.3 is 43.9 Å². The van der Waals surface area contributed by atoms with Crippen LogP contribution in [0.1, 0.15) is 233 Å². The van der Waals surface area contributed by atoms with E-state index >= 15 is 0 Å². The summed E-state index contributed by atoms with van der Waals surface area (Å²) in [5.41, 5.74) is 0. The average Bonchev–Trinajstić information content (AvgIpc) is 3.28. The van der Waals surface area contributed by atoms with Crippen molar-refractivity contribution >= 4 is 58.3 Å². The molecule has 0 fully saturated rings. The van der Waals surface area contributed by atoms with Gasteiger partial charge in [-0.1, -0.05) is 194 Å². The van der Waals surface area contributed by atoms with Gasteiger partial charge in [-0.3, -0.25) is 0 Å². The van der Waals surface area contributed by atoms with Crippen molar-refractivity contribution in [1.29, 1.82) is 0 Å². The van der Waals surface area contributed by atoms with Gasteiger partial charge in [0.2, 0.25) is 0 Å². The number of unbranched alkanes of at least 4 members (excludes halogenated alkanes) is 28. The van der Waals surface area contributed by atoms with E-state index in [4.69, 9.17) is 14.2 Å². The number of hydrogen-bond acceptors (Lipinski definition) is 12. The molecule has 0 bridgehead atoms. The van der Waals surface area contributed by atoms with Gasteiger partial charge in [0.15, 0.2) is 0 Å². The Labute approximate surface area is 408 Å². The van der Waals surface area contributed by atoms with E-state index in [1.165, 1.54) is 171 Å². The second-order valence-corrected chi connectivity index (χ2v) is 17.5. The summed E-state index contributed by atoms with van der Waals surface area (Å²) in [6, 6.07) is 0. The Morgan fingerprint density at radius 2 is 0.492 bits per heavy atom. The van der Waals surface area contributed by atoms with Crippen LogP contribution < -0.4 is 15.3 Å². The molecule has 0 atom stereocenters. The van der Waals surface area contributed by atoms with Crippen LogP contribution in [0.15, 0.2) is 36.5 Å². The van der Waals surface area contributed by atoms with E-state index < -0.39 is 35.8 Å². The van der Waals surface area contributed by atoms with Gasteiger partial charge in [-0.25, -0.2) is 14.4 Å². The SMILES string of the molecule is CCCCCCCCCCCCOC(=O)/C=C\C(=O)[O-].CCCCCCCCCCCCOC(=O)/C=C\C(=O)[O-].CCCCCCCCCCCCOC(=O)/C=C\C(=O)[O-].CCC[CH2][Sn+3]. The number of esters is 3. The maximum atomic E-state index is 11.0. The van der Waals surface area contributed by atoms with Crippen molar-refractivity contribution in [3.05, 3.63) is 36.5 Å². The fourth-order valence-electron chi connectivity index (χ4n) is 6.02. The Bertz CT molecular complexity index is 1040. The fraction of sp³-hybridized carbons (Fsp3) is 0.769. The summed E-state index contributed by atoms with van der Waals surface area (Å²) in [5.74, 6) is -6.02.